The number of rotatable bonds is 6. The zero-order valence-electron chi connectivity index (χ0n) is 16.2. The maximum Gasteiger partial charge on any atom is 0.323 e. The van der Waals surface area contributed by atoms with Crippen LogP contribution in [-0.4, -0.2) is 30.4 Å². The lowest BCUT2D eigenvalue weighted by Gasteiger charge is -2.11. The van der Waals surface area contributed by atoms with E-state index in [1.54, 1.807) is 37.4 Å². The van der Waals surface area contributed by atoms with E-state index in [1.165, 1.54) is 18.4 Å². The van der Waals surface area contributed by atoms with Gasteiger partial charge in [0.2, 0.25) is 5.82 Å². The van der Waals surface area contributed by atoms with Crippen molar-refractivity contribution in [2.24, 2.45) is 0 Å². The molecule has 0 saturated carbocycles. The van der Waals surface area contributed by atoms with Crippen LogP contribution in [0.3, 0.4) is 0 Å². The lowest BCUT2D eigenvalue weighted by Crippen LogP contribution is -2.19. The van der Waals surface area contributed by atoms with Crippen LogP contribution < -0.4 is 20.1 Å². The monoisotopic (exact) mass is 422 g/mol. The molecule has 30 heavy (non-hydrogen) atoms. The first-order chi connectivity index (χ1) is 14.7. The summed E-state index contributed by atoms with van der Waals surface area (Å²) in [5, 5.41) is 11.5. The lowest BCUT2D eigenvalue weighted by molar-refractivity contribution is 0.262. The number of nitrogens with one attached hydrogen (secondary N) is 2. The van der Waals surface area contributed by atoms with E-state index >= 15 is 0 Å². The van der Waals surface area contributed by atoms with E-state index in [-0.39, 0.29) is 0 Å². The normalized spacial score (nSPS) is 10.5. The number of carbonyl (C=O) groups excluding carboxylic acids is 1. The highest BCUT2D eigenvalue weighted by molar-refractivity contribution is 7.13. The summed E-state index contributed by atoms with van der Waals surface area (Å²) in [6.07, 6.45) is 0. The number of anilines is 2. The van der Waals surface area contributed by atoms with Crippen molar-refractivity contribution in [2.45, 2.75) is 0 Å². The highest BCUT2D eigenvalue weighted by Crippen LogP contribution is 2.30. The summed E-state index contributed by atoms with van der Waals surface area (Å²) in [4.78, 5) is 17.7. The number of urea groups is 1. The van der Waals surface area contributed by atoms with Gasteiger partial charge in [0.1, 0.15) is 0 Å². The third-order valence-electron chi connectivity index (χ3n) is 4.18. The molecule has 2 amide bonds. The van der Waals surface area contributed by atoms with Gasteiger partial charge in [0.05, 0.1) is 19.1 Å². The van der Waals surface area contributed by atoms with Gasteiger partial charge in [0.15, 0.2) is 11.5 Å². The van der Waals surface area contributed by atoms with Crippen molar-refractivity contribution in [2.75, 3.05) is 24.9 Å². The average Bonchev–Trinajstić information content (AvgIpc) is 3.45. The number of hydrogen-bond acceptors (Lipinski definition) is 7. The van der Waals surface area contributed by atoms with Crippen LogP contribution >= 0.6 is 11.3 Å². The molecule has 0 aliphatic rings. The van der Waals surface area contributed by atoms with Gasteiger partial charge in [-0.1, -0.05) is 23.4 Å². The molecule has 0 aliphatic heterocycles. The van der Waals surface area contributed by atoms with Gasteiger partial charge in [-0.05, 0) is 35.7 Å². The number of aromatic nitrogens is 2. The molecule has 0 atom stereocenters. The average molecular weight is 422 g/mol. The van der Waals surface area contributed by atoms with Crippen molar-refractivity contribution in [1.29, 1.82) is 0 Å². The van der Waals surface area contributed by atoms with Crippen LogP contribution in [0.25, 0.3) is 22.2 Å². The molecule has 152 valence electrons. The predicted octanol–water partition coefficient (Wildman–Crippen LogP) is 5.13. The zero-order valence-corrected chi connectivity index (χ0v) is 17.0. The molecule has 8 nitrogen and oxygen atoms in total. The number of carbonyl (C=O) groups is 1. The Morgan fingerprint density at radius 1 is 0.967 bits per heavy atom. The highest BCUT2D eigenvalue weighted by Gasteiger charge is 2.13. The van der Waals surface area contributed by atoms with Crippen LogP contribution in [-0.2, 0) is 0 Å². The largest absolute Gasteiger partial charge is 0.493 e. The third kappa shape index (κ3) is 4.26. The number of thiophene rings is 1. The third-order valence-corrected chi connectivity index (χ3v) is 5.04. The number of benzene rings is 2. The molecule has 0 spiro atoms. The molecular formula is C21H18N4O4S. The Morgan fingerprint density at radius 3 is 2.50 bits per heavy atom. The standard InChI is InChI=1S/C21H18N4O4S/c1-27-16-9-8-15(12-17(16)28-2)23-21(26)22-14-6-3-5-13(11-14)19-24-20(29-25-19)18-7-4-10-30-18/h3-12H,1-2H3,(H2,22,23,26). The molecule has 0 aliphatic carbocycles. The van der Waals surface area contributed by atoms with Gasteiger partial charge in [0.25, 0.3) is 5.89 Å². The van der Waals surface area contributed by atoms with E-state index in [0.29, 0.717) is 34.6 Å². The SMILES string of the molecule is COc1ccc(NC(=O)Nc2cccc(-c3noc(-c4cccs4)n3)c2)cc1OC. The van der Waals surface area contributed by atoms with Gasteiger partial charge in [-0.3, -0.25) is 0 Å². The summed E-state index contributed by atoms with van der Waals surface area (Å²) in [7, 11) is 3.09. The van der Waals surface area contributed by atoms with Crippen LogP contribution in [0.2, 0.25) is 0 Å². The van der Waals surface area contributed by atoms with Crippen molar-refractivity contribution in [3.8, 4) is 33.7 Å². The molecule has 2 aromatic carbocycles. The second-order valence-electron chi connectivity index (χ2n) is 6.13. The minimum atomic E-state index is -0.397. The Bertz CT molecular complexity index is 1160. The van der Waals surface area contributed by atoms with E-state index in [0.717, 1.165) is 10.4 Å². The second-order valence-corrected chi connectivity index (χ2v) is 7.08. The van der Waals surface area contributed by atoms with Crippen molar-refractivity contribution < 1.29 is 18.8 Å². The summed E-state index contributed by atoms with van der Waals surface area (Å²) < 4.78 is 15.8. The Morgan fingerprint density at radius 2 is 1.77 bits per heavy atom. The minimum Gasteiger partial charge on any atom is -0.493 e. The molecule has 2 N–H and O–H groups in total. The molecule has 9 heteroatoms. The maximum atomic E-state index is 12.4. The fourth-order valence-corrected chi connectivity index (χ4v) is 3.43. The van der Waals surface area contributed by atoms with Gasteiger partial charge < -0.3 is 24.6 Å². The Balaban J connectivity index is 1.46. The van der Waals surface area contributed by atoms with Crippen molar-refractivity contribution in [3.63, 3.8) is 0 Å². The topological polar surface area (TPSA) is 98.5 Å². The summed E-state index contributed by atoms with van der Waals surface area (Å²) in [5.74, 6) is 2.01. The first kappa shape index (κ1) is 19.5. The maximum absolute atomic E-state index is 12.4. The van der Waals surface area contributed by atoms with Crippen LogP contribution in [0.15, 0.2) is 64.5 Å². The smallest absolute Gasteiger partial charge is 0.323 e. The highest BCUT2D eigenvalue weighted by atomic mass is 32.1. The number of hydrogen-bond donors (Lipinski definition) is 2. The van der Waals surface area contributed by atoms with Gasteiger partial charge >= 0.3 is 6.03 Å². The van der Waals surface area contributed by atoms with Gasteiger partial charge in [0, 0.05) is 23.0 Å². The fraction of sp³-hybridized carbons (Fsp3) is 0.0952. The Labute approximate surface area is 176 Å². The summed E-state index contributed by atoms with van der Waals surface area (Å²) >= 11 is 1.52. The summed E-state index contributed by atoms with van der Waals surface area (Å²) in [6, 6.07) is 15.8. The molecule has 0 unspecified atom stereocenters. The molecule has 2 heterocycles. The van der Waals surface area contributed by atoms with Crippen molar-refractivity contribution >= 4 is 28.7 Å². The zero-order chi connectivity index (χ0) is 20.9. The molecule has 0 radical (unpaired) electrons. The van der Waals surface area contributed by atoms with E-state index in [2.05, 4.69) is 20.8 Å². The summed E-state index contributed by atoms with van der Waals surface area (Å²) in [6.45, 7) is 0. The molecule has 0 bridgehead atoms. The van der Waals surface area contributed by atoms with Crippen LogP contribution in [0.4, 0.5) is 16.2 Å². The van der Waals surface area contributed by atoms with Gasteiger partial charge in [-0.15, -0.1) is 11.3 Å². The van der Waals surface area contributed by atoms with Crippen molar-refractivity contribution in [1.82, 2.24) is 10.1 Å². The molecule has 0 saturated heterocycles. The first-order valence-electron chi connectivity index (χ1n) is 8.94. The van der Waals surface area contributed by atoms with Gasteiger partial charge in [-0.25, -0.2) is 4.79 Å². The summed E-state index contributed by atoms with van der Waals surface area (Å²) in [5.41, 5.74) is 1.89. The number of ether oxygens (including phenoxy) is 2. The Hall–Kier alpha value is -3.85. The molecule has 2 aromatic heterocycles. The van der Waals surface area contributed by atoms with Crippen LogP contribution in [0.5, 0.6) is 11.5 Å². The Kier molecular flexibility index (Phi) is 5.62. The van der Waals surface area contributed by atoms with Crippen LogP contribution in [0.1, 0.15) is 0 Å². The first-order valence-corrected chi connectivity index (χ1v) is 9.82. The number of amides is 2. The van der Waals surface area contributed by atoms with Crippen LogP contribution in [0, 0.1) is 0 Å². The minimum absolute atomic E-state index is 0.397. The second kappa shape index (κ2) is 8.66. The van der Waals surface area contributed by atoms with E-state index in [9.17, 15) is 4.79 Å². The van der Waals surface area contributed by atoms with Gasteiger partial charge in [-0.2, -0.15) is 4.98 Å². The molecule has 4 rings (SSSR count). The van der Waals surface area contributed by atoms with Crippen molar-refractivity contribution in [3.05, 3.63) is 60.0 Å². The molecule has 4 aromatic rings. The van der Waals surface area contributed by atoms with E-state index < -0.39 is 6.03 Å². The number of nitrogens with zero attached hydrogens (tertiary/aromatic N) is 2. The lowest BCUT2D eigenvalue weighted by atomic mass is 10.2. The fourth-order valence-electron chi connectivity index (χ4n) is 2.78. The quantitative estimate of drug-likeness (QED) is 0.447. The predicted molar refractivity (Wildman–Crippen MR) is 115 cm³/mol. The number of methoxy groups -OCH3 is 2. The molecular weight excluding hydrogens is 404 g/mol. The van der Waals surface area contributed by atoms with E-state index in [1.807, 2.05) is 29.6 Å². The molecule has 0 fully saturated rings. The van der Waals surface area contributed by atoms with E-state index in [4.69, 9.17) is 14.0 Å².